The number of likely N-dealkylation sites (tertiary alicyclic amines) is 1. The van der Waals surface area contributed by atoms with Crippen LogP contribution in [0.1, 0.15) is 43.9 Å². The fraction of sp³-hybridized carbons (Fsp3) is 0.316. The van der Waals surface area contributed by atoms with E-state index in [1.165, 1.54) is 12.1 Å². The van der Waals surface area contributed by atoms with Crippen LogP contribution in [-0.2, 0) is 18.0 Å². The van der Waals surface area contributed by atoms with Crippen molar-refractivity contribution >= 4 is 11.7 Å². The van der Waals surface area contributed by atoms with Crippen molar-refractivity contribution in [2.24, 2.45) is 0 Å². The van der Waals surface area contributed by atoms with Crippen LogP contribution in [0.2, 0.25) is 0 Å². The first-order valence-electron chi connectivity index (χ1n) is 15.9. The van der Waals surface area contributed by atoms with E-state index in [0.717, 1.165) is 23.2 Å². The lowest BCUT2D eigenvalue weighted by atomic mass is 9.94. The van der Waals surface area contributed by atoms with Gasteiger partial charge in [-0.1, -0.05) is 66.7 Å². The average molecular weight is 640 g/mol. The quantitative estimate of drug-likeness (QED) is 0.186. The molecule has 1 fully saturated rings. The van der Waals surface area contributed by atoms with Gasteiger partial charge >= 0.3 is 6.09 Å². The second-order valence-corrected chi connectivity index (χ2v) is 12.9. The Morgan fingerprint density at radius 2 is 1.49 bits per heavy atom. The summed E-state index contributed by atoms with van der Waals surface area (Å²) in [5, 5.41) is 0. The fourth-order valence-electron chi connectivity index (χ4n) is 5.72. The molecule has 0 bridgehead atoms. The predicted octanol–water partition coefficient (Wildman–Crippen LogP) is 7.89. The van der Waals surface area contributed by atoms with Crippen LogP contribution in [0.4, 0.5) is 13.6 Å². The van der Waals surface area contributed by atoms with Crippen LogP contribution in [-0.4, -0.2) is 58.7 Å². The average Bonchev–Trinajstić information content (AvgIpc) is 3.03. The number of amides is 1. The minimum absolute atomic E-state index is 0.0819. The summed E-state index contributed by atoms with van der Waals surface area (Å²) in [7, 11) is 0. The molecule has 7 nitrogen and oxygen atoms in total. The zero-order valence-corrected chi connectivity index (χ0v) is 26.9. The van der Waals surface area contributed by atoms with Gasteiger partial charge in [0.25, 0.3) is 0 Å². The first-order valence-corrected chi connectivity index (χ1v) is 15.9. The summed E-state index contributed by atoms with van der Waals surface area (Å²) in [4.78, 5) is 20.8. The third kappa shape index (κ3) is 7.97. The van der Waals surface area contributed by atoms with Gasteiger partial charge in [-0.25, -0.2) is 13.6 Å². The van der Waals surface area contributed by atoms with Crippen molar-refractivity contribution in [3.8, 4) is 22.9 Å². The Morgan fingerprint density at radius 1 is 0.872 bits per heavy atom. The van der Waals surface area contributed by atoms with E-state index in [0.29, 0.717) is 31.6 Å². The van der Waals surface area contributed by atoms with E-state index in [4.69, 9.17) is 14.2 Å². The Kier molecular flexibility index (Phi) is 9.54. The monoisotopic (exact) mass is 639 g/mol. The topological polar surface area (TPSA) is 64.1 Å². The van der Waals surface area contributed by atoms with Gasteiger partial charge in [0, 0.05) is 38.3 Å². The molecule has 1 saturated heterocycles. The van der Waals surface area contributed by atoms with Crippen LogP contribution in [0, 0.1) is 11.6 Å². The minimum atomic E-state index is -0.695. The summed E-state index contributed by atoms with van der Waals surface area (Å²) in [6, 6.07) is 25.4. The zero-order chi connectivity index (χ0) is 33.0. The van der Waals surface area contributed by atoms with Crippen molar-refractivity contribution in [2.45, 2.75) is 52.0 Å². The lowest BCUT2D eigenvalue weighted by molar-refractivity contribution is -0.0134. The van der Waals surface area contributed by atoms with Crippen LogP contribution in [0.5, 0.6) is 11.8 Å². The number of carbonyl (C=O) groups excluding carboxylic acids is 1. The molecule has 1 amide bonds. The van der Waals surface area contributed by atoms with Gasteiger partial charge < -0.3 is 19.1 Å². The Hall–Kier alpha value is -4.76. The number of pyridine rings is 1. The standard InChI is InChI=1S/C38H39F2N3O4/c1-38(2,3)47-37(44)43-22-30(23-43)42-18-16-28(17-19-42)29-20-32(39)35(33(40)21-29)31-14-15-34(45-24-26-10-6-4-7-11-26)41-36(31)46-25-27-12-8-5-9-13-27/h4-16,20-21,30H,17-19,22-25H2,1-3H3. The molecule has 0 N–H and O–H groups in total. The molecule has 0 unspecified atom stereocenters. The molecule has 0 saturated carbocycles. The number of aromatic nitrogens is 1. The lowest BCUT2D eigenvalue weighted by Gasteiger charge is -2.46. The van der Waals surface area contributed by atoms with E-state index < -0.39 is 17.2 Å². The molecular weight excluding hydrogens is 600 g/mol. The summed E-state index contributed by atoms with van der Waals surface area (Å²) in [6.07, 6.45) is 2.36. The molecule has 4 aromatic rings. The van der Waals surface area contributed by atoms with E-state index in [-0.39, 0.29) is 48.2 Å². The van der Waals surface area contributed by atoms with Crippen molar-refractivity contribution in [1.82, 2.24) is 14.8 Å². The number of hydrogen-bond donors (Lipinski definition) is 0. The first kappa shape index (κ1) is 32.2. The van der Waals surface area contributed by atoms with Gasteiger partial charge in [-0.05, 0) is 67.7 Å². The molecule has 47 heavy (non-hydrogen) atoms. The number of carbonyl (C=O) groups is 1. The third-order valence-corrected chi connectivity index (χ3v) is 8.24. The van der Waals surface area contributed by atoms with Gasteiger partial charge in [0.2, 0.25) is 11.8 Å². The van der Waals surface area contributed by atoms with Gasteiger partial charge in [-0.15, -0.1) is 0 Å². The zero-order valence-electron chi connectivity index (χ0n) is 26.9. The van der Waals surface area contributed by atoms with Crippen molar-refractivity contribution in [2.75, 3.05) is 26.2 Å². The fourth-order valence-corrected chi connectivity index (χ4v) is 5.72. The molecular formula is C38H39F2N3O4. The Balaban J connectivity index is 1.17. The van der Waals surface area contributed by atoms with Crippen LogP contribution in [0.15, 0.2) is 91.0 Å². The molecule has 3 heterocycles. The number of ether oxygens (including phenoxy) is 3. The van der Waals surface area contributed by atoms with Gasteiger partial charge in [-0.3, -0.25) is 4.90 Å². The highest BCUT2D eigenvalue weighted by Gasteiger charge is 2.37. The number of benzene rings is 3. The molecule has 0 radical (unpaired) electrons. The number of halogens is 2. The SMILES string of the molecule is CC(C)(C)OC(=O)N1CC(N2CC=C(c3cc(F)c(-c4ccc(OCc5ccccc5)nc4OCc4ccccc4)c(F)c3)CC2)C1. The lowest BCUT2D eigenvalue weighted by Crippen LogP contribution is -2.62. The van der Waals surface area contributed by atoms with Crippen molar-refractivity contribution in [3.63, 3.8) is 0 Å². The van der Waals surface area contributed by atoms with Crippen LogP contribution in [0.3, 0.4) is 0 Å². The van der Waals surface area contributed by atoms with Crippen LogP contribution in [0.25, 0.3) is 16.7 Å². The molecule has 244 valence electrons. The molecule has 1 aromatic heterocycles. The minimum Gasteiger partial charge on any atom is -0.473 e. The molecule has 0 spiro atoms. The molecule has 0 atom stereocenters. The maximum atomic E-state index is 15.8. The third-order valence-electron chi connectivity index (χ3n) is 8.24. The second-order valence-electron chi connectivity index (χ2n) is 12.9. The Bertz CT molecular complexity index is 1710. The first-order chi connectivity index (χ1) is 22.6. The number of rotatable bonds is 9. The highest BCUT2D eigenvalue weighted by atomic mass is 19.1. The van der Waals surface area contributed by atoms with E-state index >= 15 is 8.78 Å². The van der Waals surface area contributed by atoms with Crippen molar-refractivity contribution in [3.05, 3.63) is 119 Å². The van der Waals surface area contributed by atoms with E-state index in [1.807, 2.05) is 87.5 Å². The maximum absolute atomic E-state index is 15.8. The van der Waals surface area contributed by atoms with E-state index in [2.05, 4.69) is 9.88 Å². The van der Waals surface area contributed by atoms with Crippen LogP contribution >= 0.6 is 0 Å². The highest BCUT2D eigenvalue weighted by molar-refractivity contribution is 5.75. The molecule has 3 aromatic carbocycles. The summed E-state index contributed by atoms with van der Waals surface area (Å²) >= 11 is 0. The van der Waals surface area contributed by atoms with Gasteiger partial charge in [0.1, 0.15) is 30.4 Å². The Labute approximate surface area is 274 Å². The van der Waals surface area contributed by atoms with E-state index in [1.54, 1.807) is 17.0 Å². The molecule has 2 aliphatic rings. The van der Waals surface area contributed by atoms with Gasteiger partial charge in [-0.2, -0.15) is 4.98 Å². The van der Waals surface area contributed by atoms with Crippen molar-refractivity contribution in [1.29, 1.82) is 0 Å². The smallest absolute Gasteiger partial charge is 0.410 e. The van der Waals surface area contributed by atoms with Crippen LogP contribution < -0.4 is 9.47 Å². The van der Waals surface area contributed by atoms with Gasteiger partial charge in [0.15, 0.2) is 0 Å². The summed E-state index contributed by atoms with van der Waals surface area (Å²) in [5.41, 5.74) is 2.73. The van der Waals surface area contributed by atoms with Crippen molar-refractivity contribution < 1.29 is 27.8 Å². The number of nitrogens with zero attached hydrogens (tertiary/aromatic N) is 3. The predicted molar refractivity (Wildman–Crippen MR) is 177 cm³/mol. The largest absolute Gasteiger partial charge is 0.473 e. The Morgan fingerprint density at radius 3 is 2.06 bits per heavy atom. The summed E-state index contributed by atoms with van der Waals surface area (Å²) in [6.45, 7) is 8.60. The molecule has 9 heteroatoms. The highest BCUT2D eigenvalue weighted by Crippen LogP contribution is 2.37. The molecule has 6 rings (SSSR count). The summed E-state index contributed by atoms with van der Waals surface area (Å²) in [5.74, 6) is -1.02. The van der Waals surface area contributed by atoms with Gasteiger partial charge in [0.05, 0.1) is 11.1 Å². The maximum Gasteiger partial charge on any atom is 0.410 e. The molecule has 2 aliphatic heterocycles. The van der Waals surface area contributed by atoms with E-state index in [9.17, 15) is 4.79 Å². The molecule has 0 aliphatic carbocycles. The number of hydrogen-bond acceptors (Lipinski definition) is 6. The summed E-state index contributed by atoms with van der Waals surface area (Å²) < 4.78 is 49.1. The normalized spacial score (nSPS) is 15.5. The second kappa shape index (κ2) is 13.9.